The van der Waals surface area contributed by atoms with Crippen LogP contribution in [0.3, 0.4) is 0 Å². The Kier molecular flexibility index (Phi) is 6.15. The second kappa shape index (κ2) is 8.61. The second-order valence-corrected chi connectivity index (χ2v) is 7.53. The summed E-state index contributed by atoms with van der Waals surface area (Å²) in [6.45, 7) is 10.1. The summed E-state index contributed by atoms with van der Waals surface area (Å²) in [6.07, 6.45) is 3.91. The van der Waals surface area contributed by atoms with E-state index in [0.29, 0.717) is 5.69 Å². The van der Waals surface area contributed by atoms with Crippen LogP contribution >= 0.6 is 0 Å². The first-order valence-corrected chi connectivity index (χ1v) is 10.0. The lowest BCUT2D eigenvalue weighted by Gasteiger charge is -2.16. The minimum atomic E-state index is -0.580. The van der Waals surface area contributed by atoms with Crippen molar-refractivity contribution in [3.05, 3.63) is 71.3 Å². The normalized spacial score (nSPS) is 13.5. The van der Waals surface area contributed by atoms with Gasteiger partial charge in [0, 0.05) is 12.0 Å². The minimum Gasteiger partial charge on any atom is -0.487 e. The maximum Gasteiger partial charge on any atom is 0.259 e. The van der Waals surface area contributed by atoms with Gasteiger partial charge in [-0.05, 0) is 56.2 Å². The van der Waals surface area contributed by atoms with E-state index in [1.807, 2.05) is 26.8 Å². The lowest BCUT2D eigenvalue weighted by molar-refractivity contribution is 0.102. The van der Waals surface area contributed by atoms with Crippen molar-refractivity contribution in [2.45, 2.75) is 46.6 Å². The van der Waals surface area contributed by atoms with Crippen molar-refractivity contribution in [3.8, 4) is 17.0 Å². The minimum absolute atomic E-state index is 0.0366. The van der Waals surface area contributed by atoms with E-state index in [2.05, 4.69) is 35.2 Å². The molecule has 0 unspecified atom stereocenters. The first-order chi connectivity index (χ1) is 14.3. The van der Waals surface area contributed by atoms with Crippen LogP contribution in [0.25, 0.3) is 11.3 Å². The summed E-state index contributed by atoms with van der Waals surface area (Å²) < 4.78 is 19.7. The molecule has 5 nitrogen and oxygen atoms in total. The number of aromatic nitrogens is 2. The highest BCUT2D eigenvalue weighted by molar-refractivity contribution is 6.03. The highest BCUT2D eigenvalue weighted by Gasteiger charge is 2.30. The first-order valence-electron chi connectivity index (χ1n) is 10.0. The van der Waals surface area contributed by atoms with E-state index in [-0.39, 0.29) is 17.0 Å². The van der Waals surface area contributed by atoms with Crippen LogP contribution in [0.2, 0.25) is 0 Å². The third-order valence-corrected chi connectivity index (χ3v) is 4.70. The largest absolute Gasteiger partial charge is 0.487 e. The Labute approximate surface area is 176 Å². The maximum atomic E-state index is 13.7. The fourth-order valence-corrected chi connectivity index (χ4v) is 3.39. The summed E-state index contributed by atoms with van der Waals surface area (Å²) in [4.78, 5) is 20.9. The van der Waals surface area contributed by atoms with Crippen LogP contribution in [0.1, 0.15) is 49.2 Å². The SMILES string of the molecule is CC.Cc1cc2c(cc1-c1cnc(NC(=O)c3ccccc3F)cn1)CC(C)(C)O2. The number of anilines is 1. The quantitative estimate of drug-likeness (QED) is 0.615. The van der Waals surface area contributed by atoms with Crippen LogP contribution < -0.4 is 10.1 Å². The zero-order valence-corrected chi connectivity index (χ0v) is 17.9. The number of amides is 1. The van der Waals surface area contributed by atoms with E-state index in [4.69, 9.17) is 4.74 Å². The fourth-order valence-electron chi connectivity index (χ4n) is 3.39. The summed E-state index contributed by atoms with van der Waals surface area (Å²) >= 11 is 0. The van der Waals surface area contributed by atoms with Gasteiger partial charge in [0.2, 0.25) is 0 Å². The average Bonchev–Trinajstić information content (AvgIpc) is 3.02. The van der Waals surface area contributed by atoms with Gasteiger partial charge in [-0.15, -0.1) is 0 Å². The topological polar surface area (TPSA) is 64.1 Å². The van der Waals surface area contributed by atoms with E-state index in [1.54, 1.807) is 12.3 Å². The molecule has 0 bridgehead atoms. The molecule has 0 saturated heterocycles. The summed E-state index contributed by atoms with van der Waals surface area (Å²) in [7, 11) is 0. The molecule has 1 aliphatic rings. The van der Waals surface area contributed by atoms with Crippen LogP contribution in [0, 0.1) is 12.7 Å². The van der Waals surface area contributed by atoms with Crippen molar-refractivity contribution in [1.29, 1.82) is 0 Å². The van der Waals surface area contributed by atoms with E-state index in [9.17, 15) is 9.18 Å². The predicted molar refractivity (Wildman–Crippen MR) is 116 cm³/mol. The molecule has 0 atom stereocenters. The van der Waals surface area contributed by atoms with Crippen molar-refractivity contribution < 1.29 is 13.9 Å². The third kappa shape index (κ3) is 4.48. The maximum absolute atomic E-state index is 13.7. The molecule has 0 saturated carbocycles. The van der Waals surface area contributed by atoms with Crippen molar-refractivity contribution >= 4 is 11.7 Å². The highest BCUT2D eigenvalue weighted by atomic mass is 19.1. The number of fused-ring (bicyclic) bond motifs is 1. The van der Waals surface area contributed by atoms with Crippen LogP contribution in [0.5, 0.6) is 5.75 Å². The molecule has 0 spiro atoms. The fraction of sp³-hybridized carbons (Fsp3) is 0.292. The van der Waals surface area contributed by atoms with Gasteiger partial charge in [-0.1, -0.05) is 26.0 Å². The van der Waals surface area contributed by atoms with Gasteiger partial charge in [-0.2, -0.15) is 0 Å². The van der Waals surface area contributed by atoms with Crippen LogP contribution in [-0.2, 0) is 6.42 Å². The zero-order chi connectivity index (χ0) is 21.9. The van der Waals surface area contributed by atoms with E-state index in [0.717, 1.165) is 28.9 Å². The van der Waals surface area contributed by atoms with Crippen molar-refractivity contribution in [1.82, 2.24) is 9.97 Å². The van der Waals surface area contributed by atoms with Crippen LogP contribution in [-0.4, -0.2) is 21.5 Å². The summed E-state index contributed by atoms with van der Waals surface area (Å²) in [5.41, 5.74) is 3.61. The highest BCUT2D eigenvalue weighted by Crippen LogP contribution is 2.38. The molecule has 30 heavy (non-hydrogen) atoms. The number of halogens is 1. The molecule has 1 N–H and O–H groups in total. The number of carbonyl (C=O) groups is 1. The van der Waals surface area contributed by atoms with Crippen LogP contribution in [0.15, 0.2) is 48.8 Å². The third-order valence-electron chi connectivity index (χ3n) is 4.70. The standard InChI is InChI=1S/C22H20FN3O2.C2H6/c1-13-8-19-14(10-22(2,3)28-19)9-16(13)18-11-25-20(12-24-18)26-21(27)15-6-4-5-7-17(15)23;1-2/h4-9,11-12H,10H2,1-3H3,(H,25,26,27);1-2H3. The number of carbonyl (C=O) groups excluding carboxylic acids is 1. The molecule has 1 aromatic heterocycles. The average molecular weight is 407 g/mol. The van der Waals surface area contributed by atoms with Gasteiger partial charge in [-0.3, -0.25) is 9.78 Å². The Morgan fingerprint density at radius 3 is 2.53 bits per heavy atom. The number of rotatable bonds is 3. The Morgan fingerprint density at radius 1 is 1.13 bits per heavy atom. The summed E-state index contributed by atoms with van der Waals surface area (Å²) in [5, 5.41) is 2.57. The number of benzene rings is 2. The van der Waals surface area contributed by atoms with Gasteiger partial charge in [-0.25, -0.2) is 9.37 Å². The molecule has 3 aromatic rings. The molecule has 2 aromatic carbocycles. The monoisotopic (exact) mass is 407 g/mol. The number of nitrogens with zero attached hydrogens (tertiary/aromatic N) is 2. The summed E-state index contributed by atoms with van der Waals surface area (Å²) in [6, 6.07) is 9.91. The van der Waals surface area contributed by atoms with Crippen LogP contribution in [0.4, 0.5) is 10.2 Å². The number of nitrogens with one attached hydrogen (secondary N) is 1. The lowest BCUT2D eigenvalue weighted by atomic mass is 9.97. The number of aryl methyl sites for hydroxylation is 1. The van der Waals surface area contributed by atoms with E-state index in [1.165, 1.54) is 24.4 Å². The van der Waals surface area contributed by atoms with E-state index < -0.39 is 11.7 Å². The Balaban J connectivity index is 0.00000124. The van der Waals surface area contributed by atoms with E-state index >= 15 is 0 Å². The molecular formula is C24H26FN3O2. The van der Waals surface area contributed by atoms with Gasteiger partial charge in [0.05, 0.1) is 23.7 Å². The number of hydrogen-bond donors (Lipinski definition) is 1. The molecule has 156 valence electrons. The first kappa shape index (κ1) is 21.4. The molecule has 1 aliphatic heterocycles. The Bertz CT molecular complexity index is 1060. The predicted octanol–water partition coefficient (Wildman–Crippen LogP) is 5.58. The van der Waals surface area contributed by atoms with Crippen molar-refractivity contribution in [2.75, 3.05) is 5.32 Å². The Morgan fingerprint density at radius 2 is 1.87 bits per heavy atom. The molecular weight excluding hydrogens is 381 g/mol. The van der Waals surface area contributed by atoms with Gasteiger partial charge < -0.3 is 10.1 Å². The van der Waals surface area contributed by atoms with Gasteiger partial charge in [0.15, 0.2) is 5.82 Å². The molecule has 4 rings (SSSR count). The smallest absolute Gasteiger partial charge is 0.259 e. The summed E-state index contributed by atoms with van der Waals surface area (Å²) in [5.74, 6) is 0.0324. The van der Waals surface area contributed by atoms with Gasteiger partial charge in [0.1, 0.15) is 17.2 Å². The molecule has 6 heteroatoms. The number of ether oxygens (including phenoxy) is 1. The molecule has 2 heterocycles. The zero-order valence-electron chi connectivity index (χ0n) is 17.9. The Hall–Kier alpha value is -3.28. The second-order valence-electron chi connectivity index (χ2n) is 7.53. The molecule has 1 amide bonds. The molecule has 0 fully saturated rings. The lowest BCUT2D eigenvalue weighted by Crippen LogP contribution is -2.24. The van der Waals surface area contributed by atoms with Gasteiger partial charge in [0.25, 0.3) is 5.91 Å². The van der Waals surface area contributed by atoms with Crippen molar-refractivity contribution in [2.24, 2.45) is 0 Å². The number of hydrogen-bond acceptors (Lipinski definition) is 4. The molecule has 0 radical (unpaired) electrons. The molecule has 0 aliphatic carbocycles. The van der Waals surface area contributed by atoms with Crippen molar-refractivity contribution in [3.63, 3.8) is 0 Å². The van der Waals surface area contributed by atoms with Gasteiger partial charge >= 0.3 is 0 Å².